The average molecular weight is 527 g/mol. The molecule has 0 aliphatic heterocycles. The molecule has 0 fully saturated rings. The van der Waals surface area contributed by atoms with E-state index in [2.05, 4.69) is 86.6 Å². The number of guanidine groups is 1. The largest absolute Gasteiger partial charge is 0.357 e. The SMILES string of the molecule is CCNC(=NCc1cccc(CN(C)CC)c1)NC(C)Cc1c(C)nn(C)c1C.I. The summed E-state index contributed by atoms with van der Waals surface area (Å²) < 4.78 is 1.96. The summed E-state index contributed by atoms with van der Waals surface area (Å²) in [6.45, 7) is 14.2. The first-order chi connectivity index (χ1) is 13.8. The molecule has 6 nitrogen and oxygen atoms in total. The molecule has 2 N–H and O–H groups in total. The van der Waals surface area contributed by atoms with Crippen molar-refractivity contribution >= 4 is 29.9 Å². The molecule has 0 aliphatic carbocycles. The lowest BCUT2D eigenvalue weighted by atomic mass is 10.1. The van der Waals surface area contributed by atoms with Crippen molar-refractivity contribution in [1.29, 1.82) is 0 Å². The number of hydrogen-bond donors (Lipinski definition) is 2. The molecular weight excluding hydrogens is 487 g/mol. The van der Waals surface area contributed by atoms with Crippen LogP contribution >= 0.6 is 24.0 Å². The predicted molar refractivity (Wildman–Crippen MR) is 138 cm³/mol. The molecule has 168 valence electrons. The van der Waals surface area contributed by atoms with Gasteiger partial charge in [-0.25, -0.2) is 4.99 Å². The summed E-state index contributed by atoms with van der Waals surface area (Å²) >= 11 is 0. The molecule has 7 heteroatoms. The lowest BCUT2D eigenvalue weighted by Gasteiger charge is -2.18. The maximum absolute atomic E-state index is 4.82. The summed E-state index contributed by atoms with van der Waals surface area (Å²) in [6, 6.07) is 8.97. The number of rotatable bonds is 9. The third kappa shape index (κ3) is 7.91. The van der Waals surface area contributed by atoms with Gasteiger partial charge in [0.2, 0.25) is 0 Å². The zero-order valence-electron chi connectivity index (χ0n) is 19.6. The lowest BCUT2D eigenvalue weighted by Crippen LogP contribution is -2.43. The zero-order valence-corrected chi connectivity index (χ0v) is 21.9. The van der Waals surface area contributed by atoms with Crippen molar-refractivity contribution in [3.63, 3.8) is 0 Å². The van der Waals surface area contributed by atoms with E-state index in [1.807, 2.05) is 11.7 Å². The maximum atomic E-state index is 4.82. The van der Waals surface area contributed by atoms with Crippen LogP contribution in [0.3, 0.4) is 0 Å². The summed E-state index contributed by atoms with van der Waals surface area (Å²) in [6.07, 6.45) is 0.925. The third-order valence-electron chi connectivity index (χ3n) is 5.30. The highest BCUT2D eigenvalue weighted by molar-refractivity contribution is 14.0. The molecule has 2 rings (SSSR count). The Morgan fingerprint density at radius 3 is 2.53 bits per heavy atom. The number of benzene rings is 1. The van der Waals surface area contributed by atoms with Gasteiger partial charge >= 0.3 is 0 Å². The Kier molecular flexibility index (Phi) is 11.4. The minimum Gasteiger partial charge on any atom is -0.357 e. The molecule has 0 bridgehead atoms. The van der Waals surface area contributed by atoms with E-state index in [9.17, 15) is 0 Å². The van der Waals surface area contributed by atoms with E-state index in [4.69, 9.17) is 4.99 Å². The van der Waals surface area contributed by atoms with Gasteiger partial charge < -0.3 is 15.5 Å². The van der Waals surface area contributed by atoms with Crippen LogP contribution in [-0.2, 0) is 26.6 Å². The molecule has 0 amide bonds. The van der Waals surface area contributed by atoms with Gasteiger partial charge in [0.25, 0.3) is 0 Å². The summed E-state index contributed by atoms with van der Waals surface area (Å²) in [5, 5.41) is 11.4. The number of nitrogens with zero attached hydrogens (tertiary/aromatic N) is 4. The van der Waals surface area contributed by atoms with Gasteiger partial charge in [-0.1, -0.05) is 31.2 Å². The predicted octanol–water partition coefficient (Wildman–Crippen LogP) is 3.79. The van der Waals surface area contributed by atoms with Gasteiger partial charge in [-0.2, -0.15) is 5.10 Å². The minimum atomic E-state index is 0. The molecule has 1 aromatic heterocycles. The molecule has 0 saturated heterocycles. The molecule has 0 spiro atoms. The second kappa shape index (κ2) is 12.9. The fraction of sp³-hybridized carbons (Fsp3) is 0.565. The van der Waals surface area contributed by atoms with E-state index in [0.717, 1.165) is 37.7 Å². The Labute approximate surface area is 199 Å². The van der Waals surface area contributed by atoms with Crippen molar-refractivity contribution < 1.29 is 0 Å². The Hall–Kier alpha value is -1.61. The van der Waals surface area contributed by atoms with Crippen LogP contribution in [-0.4, -0.2) is 46.8 Å². The third-order valence-corrected chi connectivity index (χ3v) is 5.30. The van der Waals surface area contributed by atoms with Crippen LogP contribution in [0.25, 0.3) is 0 Å². The van der Waals surface area contributed by atoms with Gasteiger partial charge in [0.05, 0.1) is 12.2 Å². The van der Waals surface area contributed by atoms with E-state index in [1.165, 1.54) is 22.4 Å². The molecular formula is C23H39IN6. The highest BCUT2D eigenvalue weighted by atomic mass is 127. The smallest absolute Gasteiger partial charge is 0.191 e. The molecule has 1 atom stereocenters. The van der Waals surface area contributed by atoms with Crippen molar-refractivity contribution in [2.75, 3.05) is 20.1 Å². The van der Waals surface area contributed by atoms with Crippen LogP contribution in [0, 0.1) is 13.8 Å². The molecule has 30 heavy (non-hydrogen) atoms. The van der Waals surface area contributed by atoms with Gasteiger partial charge in [-0.15, -0.1) is 24.0 Å². The van der Waals surface area contributed by atoms with E-state index in [1.54, 1.807) is 0 Å². The zero-order chi connectivity index (χ0) is 21.4. The van der Waals surface area contributed by atoms with Crippen LogP contribution in [0.1, 0.15) is 48.8 Å². The van der Waals surface area contributed by atoms with Gasteiger partial charge in [-0.3, -0.25) is 4.68 Å². The van der Waals surface area contributed by atoms with Crippen LogP contribution in [0.15, 0.2) is 29.3 Å². The van der Waals surface area contributed by atoms with Crippen LogP contribution in [0.2, 0.25) is 0 Å². The number of halogens is 1. The van der Waals surface area contributed by atoms with Crippen molar-refractivity contribution in [3.05, 3.63) is 52.3 Å². The van der Waals surface area contributed by atoms with Crippen LogP contribution < -0.4 is 10.6 Å². The topological polar surface area (TPSA) is 57.5 Å². The normalized spacial score (nSPS) is 12.6. The van der Waals surface area contributed by atoms with Crippen LogP contribution in [0.5, 0.6) is 0 Å². The van der Waals surface area contributed by atoms with Crippen molar-refractivity contribution in [2.24, 2.45) is 12.0 Å². The van der Waals surface area contributed by atoms with Gasteiger partial charge in [0.1, 0.15) is 0 Å². The Morgan fingerprint density at radius 1 is 1.23 bits per heavy atom. The average Bonchev–Trinajstić information content (AvgIpc) is 2.92. The monoisotopic (exact) mass is 526 g/mol. The molecule has 1 aromatic carbocycles. The highest BCUT2D eigenvalue weighted by Crippen LogP contribution is 2.14. The molecule has 0 saturated carbocycles. The number of nitrogens with one attached hydrogen (secondary N) is 2. The second-order valence-electron chi connectivity index (χ2n) is 7.87. The first-order valence-electron chi connectivity index (χ1n) is 10.6. The number of aromatic nitrogens is 2. The van der Waals surface area contributed by atoms with Gasteiger partial charge in [-0.05, 0) is 64.4 Å². The molecule has 0 radical (unpaired) electrons. The molecule has 2 aromatic rings. The quantitative estimate of drug-likeness (QED) is 0.297. The van der Waals surface area contributed by atoms with E-state index in [0.29, 0.717) is 6.54 Å². The van der Waals surface area contributed by atoms with Crippen molar-refractivity contribution in [2.45, 2.75) is 60.2 Å². The summed E-state index contributed by atoms with van der Waals surface area (Å²) in [5.74, 6) is 0.857. The lowest BCUT2D eigenvalue weighted by molar-refractivity contribution is 0.345. The summed E-state index contributed by atoms with van der Waals surface area (Å²) in [7, 11) is 4.15. The van der Waals surface area contributed by atoms with Crippen molar-refractivity contribution in [1.82, 2.24) is 25.3 Å². The second-order valence-corrected chi connectivity index (χ2v) is 7.87. The Morgan fingerprint density at radius 2 is 1.93 bits per heavy atom. The Balaban J connectivity index is 0.00000450. The standard InChI is InChI=1S/C23H38N6.HI/c1-8-24-23(26-17(3)13-22-18(4)27-29(7)19(22)5)25-15-20-11-10-12-21(14-20)16-28(6)9-2;/h10-12,14,17H,8-9,13,15-16H2,1-7H3,(H2,24,25,26);1H. The fourth-order valence-corrected chi connectivity index (χ4v) is 3.44. The highest BCUT2D eigenvalue weighted by Gasteiger charge is 2.14. The number of aliphatic imine (C=N–C) groups is 1. The van der Waals surface area contributed by atoms with E-state index >= 15 is 0 Å². The van der Waals surface area contributed by atoms with Gasteiger partial charge in [0.15, 0.2) is 5.96 Å². The first-order valence-corrected chi connectivity index (χ1v) is 10.6. The summed E-state index contributed by atoms with van der Waals surface area (Å²) in [5.41, 5.74) is 6.21. The summed E-state index contributed by atoms with van der Waals surface area (Å²) in [4.78, 5) is 7.12. The van der Waals surface area contributed by atoms with E-state index < -0.39 is 0 Å². The molecule has 1 unspecified atom stereocenters. The van der Waals surface area contributed by atoms with Crippen molar-refractivity contribution in [3.8, 4) is 0 Å². The van der Waals surface area contributed by atoms with Gasteiger partial charge in [0, 0.05) is 31.9 Å². The Bertz CT molecular complexity index is 814. The number of aryl methyl sites for hydroxylation is 2. The first kappa shape index (κ1) is 26.4. The van der Waals surface area contributed by atoms with Crippen LogP contribution in [0.4, 0.5) is 0 Å². The minimum absolute atomic E-state index is 0. The molecule has 1 heterocycles. The van der Waals surface area contributed by atoms with E-state index in [-0.39, 0.29) is 30.0 Å². The maximum Gasteiger partial charge on any atom is 0.191 e. The molecule has 0 aliphatic rings. The number of hydrogen-bond acceptors (Lipinski definition) is 3. The fourth-order valence-electron chi connectivity index (χ4n) is 3.44.